The van der Waals surface area contributed by atoms with E-state index in [0.29, 0.717) is 18.9 Å². The van der Waals surface area contributed by atoms with Crippen molar-refractivity contribution in [3.63, 3.8) is 0 Å². The molecule has 3 N–H and O–H groups in total. The van der Waals surface area contributed by atoms with Crippen LogP contribution in [0.5, 0.6) is 0 Å². The minimum absolute atomic E-state index is 0.0164. The Morgan fingerprint density at radius 3 is 3.00 bits per heavy atom. The first kappa shape index (κ1) is 13.2. The van der Waals surface area contributed by atoms with Gasteiger partial charge in [-0.25, -0.2) is 4.98 Å². The number of likely N-dealkylation sites (tertiary alicyclic amines) is 1. The van der Waals surface area contributed by atoms with Crippen LogP contribution >= 0.6 is 0 Å². The van der Waals surface area contributed by atoms with Gasteiger partial charge in [-0.2, -0.15) is 0 Å². The minimum Gasteiger partial charge on any atom is -0.365 e. The van der Waals surface area contributed by atoms with Crippen LogP contribution in [0.2, 0.25) is 0 Å². The van der Waals surface area contributed by atoms with Crippen molar-refractivity contribution >= 4 is 17.4 Å². The lowest BCUT2D eigenvalue weighted by atomic mass is 10.2. The Balaban J connectivity index is 1.92. The Kier molecular flexibility index (Phi) is 3.91. The van der Waals surface area contributed by atoms with Gasteiger partial charge in [-0.05, 0) is 12.5 Å². The number of carbonyl (C=O) groups excluding carboxylic acids is 1. The third kappa shape index (κ3) is 3.16. The number of rotatable bonds is 4. The summed E-state index contributed by atoms with van der Waals surface area (Å²) in [5.74, 6) is 0.499. The summed E-state index contributed by atoms with van der Waals surface area (Å²) in [5, 5.41) is 13.6. The zero-order valence-electron chi connectivity index (χ0n) is 10.3. The Bertz CT molecular complexity index is 476. The minimum atomic E-state index is -0.492. The first-order valence-electron chi connectivity index (χ1n) is 5.95. The fraction of sp³-hybridized carbons (Fsp3) is 0.455. The molecule has 1 aromatic rings. The Hall–Kier alpha value is -2.22. The lowest BCUT2D eigenvalue weighted by Gasteiger charge is -2.16. The molecule has 1 saturated heterocycles. The van der Waals surface area contributed by atoms with E-state index < -0.39 is 4.92 Å². The molecule has 0 bridgehead atoms. The van der Waals surface area contributed by atoms with Crippen LogP contribution in [-0.2, 0) is 4.79 Å². The number of hydrogen-bond acceptors (Lipinski definition) is 6. The summed E-state index contributed by atoms with van der Waals surface area (Å²) in [7, 11) is 0. The molecule has 2 rings (SSSR count). The number of hydrogen-bond donors (Lipinski definition) is 2. The average molecular weight is 265 g/mol. The lowest BCUT2D eigenvalue weighted by Crippen LogP contribution is -2.35. The van der Waals surface area contributed by atoms with E-state index in [1.807, 2.05) is 0 Å². The highest BCUT2D eigenvalue weighted by molar-refractivity contribution is 5.78. The van der Waals surface area contributed by atoms with Crippen molar-refractivity contribution in [3.8, 4) is 0 Å². The van der Waals surface area contributed by atoms with Gasteiger partial charge < -0.3 is 16.0 Å². The van der Waals surface area contributed by atoms with E-state index in [4.69, 9.17) is 5.73 Å². The quantitative estimate of drug-likeness (QED) is 0.583. The topological polar surface area (TPSA) is 114 Å². The second kappa shape index (κ2) is 5.61. The lowest BCUT2D eigenvalue weighted by molar-refractivity contribution is -0.385. The van der Waals surface area contributed by atoms with Crippen LogP contribution in [0.1, 0.15) is 6.42 Å². The monoisotopic (exact) mass is 265 g/mol. The average Bonchev–Trinajstić information content (AvgIpc) is 2.87. The summed E-state index contributed by atoms with van der Waals surface area (Å²) in [4.78, 5) is 27.1. The fourth-order valence-electron chi connectivity index (χ4n) is 2.02. The third-order valence-corrected chi connectivity index (χ3v) is 3.03. The molecule has 1 aliphatic rings. The smallest absolute Gasteiger partial charge is 0.287 e. The van der Waals surface area contributed by atoms with Crippen molar-refractivity contribution in [2.24, 2.45) is 5.73 Å². The van der Waals surface area contributed by atoms with Crippen molar-refractivity contribution in [3.05, 3.63) is 28.4 Å². The van der Waals surface area contributed by atoms with Crippen LogP contribution in [0.15, 0.2) is 18.3 Å². The summed E-state index contributed by atoms with van der Waals surface area (Å²) in [6, 6.07) is 3.06. The van der Waals surface area contributed by atoms with Crippen LogP contribution in [0.4, 0.5) is 11.5 Å². The Labute approximate surface area is 109 Å². The second-order valence-corrected chi connectivity index (χ2v) is 4.33. The molecule has 8 heteroatoms. The summed E-state index contributed by atoms with van der Waals surface area (Å²) in [6.07, 6.45) is 2.02. The number of aromatic nitrogens is 1. The number of amides is 1. The second-order valence-electron chi connectivity index (χ2n) is 4.33. The molecule has 2 heterocycles. The molecule has 8 nitrogen and oxygen atoms in total. The summed E-state index contributed by atoms with van der Waals surface area (Å²) >= 11 is 0. The number of carbonyl (C=O) groups is 1. The molecule has 1 unspecified atom stereocenters. The number of nitrogens with one attached hydrogen (secondary N) is 1. The number of nitrogens with zero attached hydrogens (tertiary/aromatic N) is 3. The zero-order valence-corrected chi connectivity index (χ0v) is 10.3. The van der Waals surface area contributed by atoms with Crippen LogP contribution in [-0.4, -0.2) is 46.4 Å². The van der Waals surface area contributed by atoms with Gasteiger partial charge in [0.25, 0.3) is 5.69 Å². The molecule has 1 aliphatic heterocycles. The molecule has 102 valence electrons. The van der Waals surface area contributed by atoms with Crippen molar-refractivity contribution in [1.29, 1.82) is 0 Å². The standard InChI is InChI=1S/C11H15N5O3/c12-5-11(17)15-4-3-8(7-15)14-10-2-1-9(6-13-10)16(18)19/h1-2,6,8H,3-5,7,12H2,(H,13,14). The van der Waals surface area contributed by atoms with Crippen LogP contribution in [0.3, 0.4) is 0 Å². The molecule has 1 amide bonds. The predicted octanol–water partition coefficient (Wildman–Crippen LogP) is -0.0387. The molecule has 0 aliphatic carbocycles. The first-order valence-corrected chi connectivity index (χ1v) is 5.95. The summed E-state index contributed by atoms with van der Waals surface area (Å²) in [5.41, 5.74) is 5.26. The van der Waals surface area contributed by atoms with E-state index in [9.17, 15) is 14.9 Å². The van der Waals surface area contributed by atoms with Gasteiger partial charge in [0, 0.05) is 25.2 Å². The zero-order chi connectivity index (χ0) is 13.8. The van der Waals surface area contributed by atoms with E-state index in [0.717, 1.165) is 6.42 Å². The van der Waals surface area contributed by atoms with Gasteiger partial charge in [0.2, 0.25) is 5.91 Å². The Morgan fingerprint density at radius 1 is 1.63 bits per heavy atom. The number of nitrogens with two attached hydrogens (primary N) is 1. The van der Waals surface area contributed by atoms with Crippen LogP contribution < -0.4 is 11.1 Å². The van der Waals surface area contributed by atoms with E-state index in [1.165, 1.54) is 12.3 Å². The van der Waals surface area contributed by atoms with Gasteiger partial charge in [-0.15, -0.1) is 0 Å². The molecule has 0 radical (unpaired) electrons. The van der Waals surface area contributed by atoms with E-state index >= 15 is 0 Å². The van der Waals surface area contributed by atoms with Crippen molar-refractivity contribution in [2.45, 2.75) is 12.5 Å². The highest BCUT2D eigenvalue weighted by atomic mass is 16.6. The highest BCUT2D eigenvalue weighted by Gasteiger charge is 2.25. The SMILES string of the molecule is NCC(=O)N1CCC(Nc2ccc([N+](=O)[O-])cn2)C1. The molecule has 0 aromatic carbocycles. The molecule has 0 saturated carbocycles. The van der Waals surface area contributed by atoms with E-state index in [1.54, 1.807) is 11.0 Å². The van der Waals surface area contributed by atoms with Crippen molar-refractivity contribution in [1.82, 2.24) is 9.88 Å². The van der Waals surface area contributed by atoms with Crippen LogP contribution in [0.25, 0.3) is 0 Å². The van der Waals surface area contributed by atoms with Gasteiger partial charge in [-0.1, -0.05) is 0 Å². The first-order chi connectivity index (χ1) is 9.10. The molecule has 1 fully saturated rings. The molecule has 1 aromatic heterocycles. The van der Waals surface area contributed by atoms with Gasteiger partial charge in [0.15, 0.2) is 0 Å². The summed E-state index contributed by atoms with van der Waals surface area (Å²) < 4.78 is 0. The predicted molar refractivity (Wildman–Crippen MR) is 68.6 cm³/mol. The Morgan fingerprint density at radius 2 is 2.42 bits per heavy atom. The maximum absolute atomic E-state index is 11.4. The summed E-state index contributed by atoms with van der Waals surface area (Å²) in [6.45, 7) is 1.26. The van der Waals surface area contributed by atoms with Gasteiger partial charge in [-0.3, -0.25) is 14.9 Å². The third-order valence-electron chi connectivity index (χ3n) is 3.03. The largest absolute Gasteiger partial charge is 0.365 e. The fourth-order valence-corrected chi connectivity index (χ4v) is 2.02. The molecule has 0 spiro atoms. The van der Waals surface area contributed by atoms with Crippen molar-refractivity contribution in [2.75, 3.05) is 25.0 Å². The molecule has 19 heavy (non-hydrogen) atoms. The van der Waals surface area contributed by atoms with E-state index in [-0.39, 0.29) is 24.2 Å². The van der Waals surface area contributed by atoms with Gasteiger partial charge >= 0.3 is 0 Å². The molecular weight excluding hydrogens is 250 g/mol. The van der Waals surface area contributed by atoms with E-state index in [2.05, 4.69) is 10.3 Å². The van der Waals surface area contributed by atoms with Gasteiger partial charge in [0.1, 0.15) is 12.0 Å². The molecular formula is C11H15N5O3. The van der Waals surface area contributed by atoms with Crippen molar-refractivity contribution < 1.29 is 9.72 Å². The van der Waals surface area contributed by atoms with Crippen LogP contribution in [0, 0.1) is 10.1 Å². The van der Waals surface area contributed by atoms with Gasteiger partial charge in [0.05, 0.1) is 11.5 Å². The highest BCUT2D eigenvalue weighted by Crippen LogP contribution is 2.16. The number of pyridine rings is 1. The number of nitro groups is 1. The maximum Gasteiger partial charge on any atom is 0.287 e. The maximum atomic E-state index is 11.4. The number of anilines is 1. The molecule has 1 atom stereocenters. The normalized spacial score (nSPS) is 18.4.